The van der Waals surface area contributed by atoms with Crippen LogP contribution in [0.3, 0.4) is 0 Å². The number of aryl methyl sites for hydroxylation is 2. The highest BCUT2D eigenvalue weighted by Gasteiger charge is 2.46. The van der Waals surface area contributed by atoms with E-state index in [2.05, 4.69) is 0 Å². The molecule has 7 heteroatoms. The Morgan fingerprint density at radius 1 is 1.32 bits per heavy atom. The van der Waals surface area contributed by atoms with E-state index in [-0.39, 0.29) is 11.3 Å². The minimum Gasteiger partial charge on any atom is -0.480 e. The first-order valence-corrected chi connectivity index (χ1v) is 6.99. The number of carbonyl (C=O) groups excluding carboxylic acids is 1. The number of likely N-dealkylation sites (tertiary alicyclic amines) is 1. The van der Waals surface area contributed by atoms with Crippen LogP contribution in [-0.2, 0) is 4.79 Å². The van der Waals surface area contributed by atoms with Crippen LogP contribution in [0.4, 0.5) is 5.69 Å². The molecule has 0 radical (unpaired) electrons. The van der Waals surface area contributed by atoms with Gasteiger partial charge in [-0.25, -0.2) is 4.79 Å². The third kappa shape index (κ3) is 2.43. The van der Waals surface area contributed by atoms with E-state index in [1.807, 2.05) is 0 Å². The molecule has 1 saturated heterocycles. The lowest BCUT2D eigenvalue weighted by atomic mass is 9.97. The highest BCUT2D eigenvalue weighted by molar-refractivity contribution is 6.00. The van der Waals surface area contributed by atoms with Crippen molar-refractivity contribution >= 4 is 17.6 Å². The highest BCUT2D eigenvalue weighted by Crippen LogP contribution is 2.32. The Kier molecular flexibility index (Phi) is 3.91. The molecule has 2 rings (SSSR count). The summed E-state index contributed by atoms with van der Waals surface area (Å²) in [5, 5.41) is 20.4. The molecule has 1 N–H and O–H groups in total. The van der Waals surface area contributed by atoms with Crippen LogP contribution in [0.2, 0.25) is 0 Å². The van der Waals surface area contributed by atoms with Gasteiger partial charge in [-0.05, 0) is 45.2 Å². The topological polar surface area (TPSA) is 101 Å². The molecular weight excluding hydrogens is 288 g/mol. The molecule has 0 aliphatic carbocycles. The molecule has 1 aromatic carbocycles. The van der Waals surface area contributed by atoms with Crippen molar-refractivity contribution in [3.8, 4) is 0 Å². The first-order chi connectivity index (χ1) is 10.2. The van der Waals surface area contributed by atoms with Gasteiger partial charge in [-0.3, -0.25) is 14.9 Å². The standard InChI is InChI=1S/C15H18N2O5/c1-9-7-10(2)12(17(21)22)8-11(9)13(18)16-6-4-5-15(16,3)14(19)20/h7-8H,4-6H2,1-3H3,(H,19,20). The molecule has 1 unspecified atom stereocenters. The van der Waals surface area contributed by atoms with E-state index in [1.165, 1.54) is 17.9 Å². The Bertz CT molecular complexity index is 670. The predicted molar refractivity (Wildman–Crippen MR) is 78.9 cm³/mol. The summed E-state index contributed by atoms with van der Waals surface area (Å²) in [6, 6.07) is 2.83. The van der Waals surface area contributed by atoms with E-state index in [0.29, 0.717) is 30.5 Å². The molecule has 1 atom stereocenters. The van der Waals surface area contributed by atoms with Crippen molar-refractivity contribution in [3.63, 3.8) is 0 Å². The van der Waals surface area contributed by atoms with Gasteiger partial charge in [0.05, 0.1) is 4.92 Å². The van der Waals surface area contributed by atoms with Crippen LogP contribution in [0.1, 0.15) is 41.3 Å². The number of nitro groups is 1. The number of nitro benzene ring substituents is 1. The maximum absolute atomic E-state index is 12.7. The molecule has 7 nitrogen and oxygen atoms in total. The zero-order valence-electron chi connectivity index (χ0n) is 12.8. The number of amides is 1. The molecule has 1 aromatic rings. The molecule has 118 valence electrons. The molecule has 1 heterocycles. The van der Waals surface area contributed by atoms with Gasteiger partial charge in [-0.15, -0.1) is 0 Å². The SMILES string of the molecule is Cc1cc(C)c([N+](=O)[O-])cc1C(=O)N1CCCC1(C)C(=O)O. The van der Waals surface area contributed by atoms with Crippen molar-refractivity contribution in [1.29, 1.82) is 0 Å². The zero-order valence-corrected chi connectivity index (χ0v) is 12.8. The minimum absolute atomic E-state index is 0.134. The molecule has 0 bridgehead atoms. The summed E-state index contributed by atoms with van der Waals surface area (Å²) in [7, 11) is 0. The fourth-order valence-electron chi connectivity index (χ4n) is 2.92. The zero-order chi connectivity index (χ0) is 16.7. The summed E-state index contributed by atoms with van der Waals surface area (Å²) >= 11 is 0. The third-order valence-electron chi connectivity index (χ3n) is 4.32. The number of benzene rings is 1. The molecule has 0 aromatic heterocycles. The van der Waals surface area contributed by atoms with E-state index >= 15 is 0 Å². The van der Waals surface area contributed by atoms with Crippen molar-refractivity contribution in [2.75, 3.05) is 6.54 Å². The quantitative estimate of drug-likeness (QED) is 0.682. The number of hydrogen-bond acceptors (Lipinski definition) is 4. The Morgan fingerprint density at radius 2 is 1.95 bits per heavy atom. The number of rotatable bonds is 3. The molecule has 0 saturated carbocycles. The van der Waals surface area contributed by atoms with E-state index in [1.54, 1.807) is 19.9 Å². The lowest BCUT2D eigenvalue weighted by molar-refractivity contribution is -0.385. The van der Waals surface area contributed by atoms with Crippen LogP contribution in [0.5, 0.6) is 0 Å². The van der Waals surface area contributed by atoms with Gasteiger partial charge in [0, 0.05) is 23.7 Å². The summed E-state index contributed by atoms with van der Waals surface area (Å²) < 4.78 is 0. The fraction of sp³-hybridized carbons (Fsp3) is 0.467. The number of carboxylic acid groups (broad SMARTS) is 1. The fourth-order valence-corrected chi connectivity index (χ4v) is 2.92. The van der Waals surface area contributed by atoms with Crippen molar-refractivity contribution < 1.29 is 19.6 Å². The second kappa shape index (κ2) is 5.40. The Balaban J connectivity index is 2.48. The number of aliphatic carboxylic acids is 1. The van der Waals surface area contributed by atoms with Crippen molar-refractivity contribution in [2.24, 2.45) is 0 Å². The van der Waals surface area contributed by atoms with Crippen LogP contribution in [-0.4, -0.2) is 38.9 Å². The lowest BCUT2D eigenvalue weighted by Gasteiger charge is -2.31. The number of carbonyl (C=O) groups is 2. The van der Waals surface area contributed by atoms with Crippen LogP contribution in [0.25, 0.3) is 0 Å². The van der Waals surface area contributed by atoms with Crippen LogP contribution < -0.4 is 0 Å². The predicted octanol–water partition coefficient (Wildman–Crippen LogP) is 2.29. The van der Waals surface area contributed by atoms with Gasteiger partial charge in [-0.1, -0.05) is 0 Å². The first-order valence-electron chi connectivity index (χ1n) is 6.99. The van der Waals surface area contributed by atoms with E-state index in [9.17, 15) is 24.8 Å². The molecule has 0 spiro atoms. The molecule has 22 heavy (non-hydrogen) atoms. The summed E-state index contributed by atoms with van der Waals surface area (Å²) in [4.78, 5) is 36.0. The smallest absolute Gasteiger partial charge is 0.329 e. The Labute approximate surface area is 127 Å². The summed E-state index contributed by atoms with van der Waals surface area (Å²) in [6.07, 6.45) is 0.975. The average molecular weight is 306 g/mol. The maximum Gasteiger partial charge on any atom is 0.329 e. The van der Waals surface area contributed by atoms with E-state index < -0.39 is 22.3 Å². The van der Waals surface area contributed by atoms with E-state index in [4.69, 9.17) is 0 Å². The third-order valence-corrected chi connectivity index (χ3v) is 4.32. The largest absolute Gasteiger partial charge is 0.480 e. The molecule has 1 aliphatic heterocycles. The lowest BCUT2D eigenvalue weighted by Crippen LogP contribution is -2.50. The summed E-state index contributed by atoms with van der Waals surface area (Å²) in [6.45, 7) is 5.15. The second-order valence-electron chi connectivity index (χ2n) is 5.85. The molecule has 1 amide bonds. The number of hydrogen-bond donors (Lipinski definition) is 1. The van der Waals surface area contributed by atoms with Crippen LogP contribution in [0, 0.1) is 24.0 Å². The molecule has 1 fully saturated rings. The number of nitrogens with zero attached hydrogens (tertiary/aromatic N) is 2. The summed E-state index contributed by atoms with van der Waals surface area (Å²) in [5.41, 5.74) is -0.130. The van der Waals surface area contributed by atoms with Crippen molar-refractivity contribution in [3.05, 3.63) is 38.9 Å². The van der Waals surface area contributed by atoms with Gasteiger partial charge in [0.25, 0.3) is 11.6 Å². The molecule has 1 aliphatic rings. The normalized spacial score (nSPS) is 21.0. The van der Waals surface area contributed by atoms with E-state index in [0.717, 1.165) is 0 Å². The Morgan fingerprint density at radius 3 is 2.50 bits per heavy atom. The average Bonchev–Trinajstić information content (AvgIpc) is 2.81. The minimum atomic E-state index is -1.26. The molecular formula is C15H18N2O5. The highest BCUT2D eigenvalue weighted by atomic mass is 16.6. The van der Waals surface area contributed by atoms with Gasteiger partial charge in [0.2, 0.25) is 0 Å². The monoisotopic (exact) mass is 306 g/mol. The maximum atomic E-state index is 12.7. The van der Waals surface area contributed by atoms with Crippen LogP contribution in [0.15, 0.2) is 12.1 Å². The van der Waals surface area contributed by atoms with Gasteiger partial charge in [0.15, 0.2) is 0 Å². The van der Waals surface area contributed by atoms with Crippen LogP contribution >= 0.6 is 0 Å². The van der Waals surface area contributed by atoms with Crippen molar-refractivity contribution in [1.82, 2.24) is 4.90 Å². The first kappa shape index (κ1) is 15.9. The summed E-state index contributed by atoms with van der Waals surface area (Å²) in [5.74, 6) is -1.53. The van der Waals surface area contributed by atoms with Gasteiger partial charge in [0.1, 0.15) is 5.54 Å². The van der Waals surface area contributed by atoms with Gasteiger partial charge >= 0.3 is 5.97 Å². The van der Waals surface area contributed by atoms with Gasteiger partial charge < -0.3 is 10.0 Å². The number of carboxylic acids is 1. The van der Waals surface area contributed by atoms with Gasteiger partial charge in [-0.2, -0.15) is 0 Å². The second-order valence-corrected chi connectivity index (χ2v) is 5.85. The van der Waals surface area contributed by atoms with Crippen molar-refractivity contribution in [2.45, 2.75) is 39.2 Å². The Hall–Kier alpha value is -2.44.